The summed E-state index contributed by atoms with van der Waals surface area (Å²) in [4.78, 5) is 29.3. The van der Waals surface area contributed by atoms with Crippen LogP contribution in [0.2, 0.25) is 0 Å². The Labute approximate surface area is 131 Å². The molecular formula is C14H15N5O2S. The fraction of sp³-hybridized carbons (Fsp3) is 0.286. The van der Waals surface area contributed by atoms with Crippen LogP contribution in [-0.4, -0.2) is 50.4 Å². The molecule has 3 amide bonds. The molecule has 1 aliphatic heterocycles. The van der Waals surface area contributed by atoms with Crippen molar-refractivity contribution in [3.8, 4) is 11.4 Å². The van der Waals surface area contributed by atoms with Crippen molar-refractivity contribution in [2.45, 2.75) is 17.3 Å². The number of hydrogen-bond donors (Lipinski definition) is 2. The first kappa shape index (κ1) is 14.6. The van der Waals surface area contributed by atoms with Gasteiger partial charge in [0.15, 0.2) is 5.82 Å². The molecule has 0 radical (unpaired) electrons. The second-order valence-electron chi connectivity index (χ2n) is 4.81. The summed E-state index contributed by atoms with van der Waals surface area (Å²) in [5.41, 5.74) is 0.930. The second-order valence-corrected chi connectivity index (χ2v) is 6.12. The number of carbonyl (C=O) groups is 2. The van der Waals surface area contributed by atoms with Gasteiger partial charge in [-0.2, -0.15) is 0 Å². The van der Waals surface area contributed by atoms with Gasteiger partial charge in [0.2, 0.25) is 11.1 Å². The molecule has 0 saturated carbocycles. The van der Waals surface area contributed by atoms with E-state index in [4.69, 9.17) is 0 Å². The predicted octanol–water partition coefficient (Wildman–Crippen LogP) is 1.50. The zero-order chi connectivity index (χ0) is 15.5. The number of urea groups is 1. The van der Waals surface area contributed by atoms with Crippen LogP contribution in [0.15, 0.2) is 35.5 Å². The molecule has 1 unspecified atom stereocenters. The number of aromatic nitrogens is 3. The summed E-state index contributed by atoms with van der Waals surface area (Å²) in [6.07, 6.45) is 0. The molecule has 2 heterocycles. The van der Waals surface area contributed by atoms with E-state index < -0.39 is 5.25 Å². The Morgan fingerprint density at radius 2 is 2.14 bits per heavy atom. The molecule has 8 heteroatoms. The highest BCUT2D eigenvalue weighted by Crippen LogP contribution is 2.24. The summed E-state index contributed by atoms with van der Waals surface area (Å²) in [5.74, 6) is 0.424. The van der Waals surface area contributed by atoms with Gasteiger partial charge in [-0.1, -0.05) is 42.1 Å². The van der Waals surface area contributed by atoms with E-state index in [1.165, 1.54) is 16.7 Å². The first-order chi connectivity index (χ1) is 10.6. The number of carbonyl (C=O) groups excluding carboxylic acids is 2. The number of nitrogens with one attached hydrogen (secondary N) is 2. The van der Waals surface area contributed by atoms with E-state index in [1.807, 2.05) is 30.3 Å². The molecule has 1 aliphatic rings. The highest BCUT2D eigenvalue weighted by Gasteiger charge is 2.30. The lowest BCUT2D eigenvalue weighted by Crippen LogP contribution is -2.38. The lowest BCUT2D eigenvalue weighted by molar-refractivity contribution is -0.126. The Morgan fingerprint density at radius 3 is 2.82 bits per heavy atom. The van der Waals surface area contributed by atoms with E-state index in [9.17, 15) is 9.59 Å². The maximum absolute atomic E-state index is 12.2. The van der Waals surface area contributed by atoms with E-state index in [2.05, 4.69) is 20.5 Å². The third-order valence-electron chi connectivity index (χ3n) is 3.26. The molecule has 0 bridgehead atoms. The third kappa shape index (κ3) is 2.96. The minimum atomic E-state index is -0.428. The number of imide groups is 1. The summed E-state index contributed by atoms with van der Waals surface area (Å²) in [7, 11) is 0. The number of aromatic amines is 1. The number of nitrogens with zero attached hydrogens (tertiary/aromatic N) is 3. The van der Waals surface area contributed by atoms with Crippen molar-refractivity contribution < 1.29 is 9.59 Å². The van der Waals surface area contributed by atoms with Gasteiger partial charge in [0.25, 0.3) is 0 Å². The topological polar surface area (TPSA) is 91.0 Å². The maximum Gasteiger partial charge on any atom is 0.324 e. The van der Waals surface area contributed by atoms with E-state index in [0.29, 0.717) is 24.1 Å². The fourth-order valence-corrected chi connectivity index (χ4v) is 2.92. The summed E-state index contributed by atoms with van der Waals surface area (Å²) in [6.45, 7) is 2.66. The molecule has 0 aliphatic carbocycles. The monoisotopic (exact) mass is 317 g/mol. The smallest absolute Gasteiger partial charge is 0.324 e. The fourth-order valence-electron chi connectivity index (χ4n) is 2.13. The average Bonchev–Trinajstić information content (AvgIpc) is 3.16. The SMILES string of the molecule is CC(Sc1n[nH]c(-c2ccccc2)n1)C(=O)N1CCNC1=O. The molecule has 1 saturated heterocycles. The van der Waals surface area contributed by atoms with E-state index in [1.54, 1.807) is 6.92 Å². The van der Waals surface area contributed by atoms with Crippen LogP contribution in [0, 0.1) is 0 Å². The van der Waals surface area contributed by atoms with Crippen LogP contribution >= 0.6 is 11.8 Å². The van der Waals surface area contributed by atoms with Crippen LogP contribution in [0.5, 0.6) is 0 Å². The Morgan fingerprint density at radius 1 is 1.36 bits per heavy atom. The van der Waals surface area contributed by atoms with Crippen LogP contribution in [0.1, 0.15) is 6.92 Å². The lowest BCUT2D eigenvalue weighted by Gasteiger charge is -2.15. The summed E-state index contributed by atoms with van der Waals surface area (Å²) in [5, 5.41) is 9.65. The minimum Gasteiger partial charge on any atom is -0.336 e. The second kappa shape index (κ2) is 6.18. The highest BCUT2D eigenvalue weighted by atomic mass is 32.2. The van der Waals surface area contributed by atoms with Gasteiger partial charge in [-0.05, 0) is 6.92 Å². The number of hydrogen-bond acceptors (Lipinski definition) is 5. The molecule has 1 atom stereocenters. The molecule has 2 aromatic rings. The maximum atomic E-state index is 12.2. The molecule has 1 aromatic carbocycles. The van der Waals surface area contributed by atoms with Crippen LogP contribution in [0.3, 0.4) is 0 Å². The van der Waals surface area contributed by atoms with Crippen molar-refractivity contribution in [3.63, 3.8) is 0 Å². The number of benzene rings is 1. The van der Waals surface area contributed by atoms with Gasteiger partial charge >= 0.3 is 6.03 Å². The van der Waals surface area contributed by atoms with E-state index in [-0.39, 0.29) is 11.9 Å². The summed E-state index contributed by atoms with van der Waals surface area (Å²) in [6, 6.07) is 9.29. The standard InChI is InChI=1S/C14H15N5O2S/c1-9(12(20)19-8-7-15-14(19)21)22-13-16-11(17-18-13)10-5-3-2-4-6-10/h2-6,9H,7-8H2,1H3,(H,15,21)(H,16,17,18). The van der Waals surface area contributed by atoms with Crippen LogP contribution < -0.4 is 5.32 Å². The highest BCUT2D eigenvalue weighted by molar-refractivity contribution is 8.00. The summed E-state index contributed by atoms with van der Waals surface area (Å²) >= 11 is 1.23. The third-order valence-corrected chi connectivity index (χ3v) is 4.21. The molecule has 114 valence electrons. The Hall–Kier alpha value is -2.35. The predicted molar refractivity (Wildman–Crippen MR) is 82.2 cm³/mol. The molecule has 3 rings (SSSR count). The zero-order valence-corrected chi connectivity index (χ0v) is 12.8. The molecular weight excluding hydrogens is 302 g/mol. The van der Waals surface area contributed by atoms with E-state index >= 15 is 0 Å². The Kier molecular flexibility index (Phi) is 4.10. The van der Waals surface area contributed by atoms with Crippen molar-refractivity contribution in [2.75, 3.05) is 13.1 Å². The van der Waals surface area contributed by atoms with Crippen LogP contribution in [0.4, 0.5) is 4.79 Å². The van der Waals surface area contributed by atoms with Gasteiger partial charge in [0.1, 0.15) is 0 Å². The van der Waals surface area contributed by atoms with Crippen LogP contribution in [-0.2, 0) is 4.79 Å². The summed E-state index contributed by atoms with van der Waals surface area (Å²) < 4.78 is 0. The van der Waals surface area contributed by atoms with Gasteiger partial charge in [-0.25, -0.2) is 9.78 Å². The number of amides is 3. The van der Waals surface area contributed by atoms with Crippen molar-refractivity contribution in [1.29, 1.82) is 0 Å². The lowest BCUT2D eigenvalue weighted by atomic mass is 10.2. The number of rotatable bonds is 4. The normalized spacial score (nSPS) is 15.7. The van der Waals surface area contributed by atoms with E-state index in [0.717, 1.165) is 5.56 Å². The van der Waals surface area contributed by atoms with Gasteiger partial charge in [-0.15, -0.1) is 5.10 Å². The quantitative estimate of drug-likeness (QED) is 0.834. The Balaban J connectivity index is 1.67. The van der Waals surface area contributed by atoms with Crippen molar-refractivity contribution in [2.24, 2.45) is 0 Å². The number of H-pyrrole nitrogens is 1. The molecule has 1 aromatic heterocycles. The zero-order valence-electron chi connectivity index (χ0n) is 11.9. The largest absolute Gasteiger partial charge is 0.336 e. The number of thioether (sulfide) groups is 1. The average molecular weight is 317 g/mol. The van der Waals surface area contributed by atoms with Crippen LogP contribution in [0.25, 0.3) is 11.4 Å². The van der Waals surface area contributed by atoms with Gasteiger partial charge < -0.3 is 5.32 Å². The van der Waals surface area contributed by atoms with Crippen molar-refractivity contribution in [3.05, 3.63) is 30.3 Å². The van der Waals surface area contributed by atoms with Gasteiger partial charge in [-0.3, -0.25) is 14.8 Å². The van der Waals surface area contributed by atoms with Gasteiger partial charge in [0, 0.05) is 18.7 Å². The first-order valence-corrected chi connectivity index (χ1v) is 7.77. The molecule has 7 nitrogen and oxygen atoms in total. The first-order valence-electron chi connectivity index (χ1n) is 6.89. The molecule has 1 fully saturated rings. The molecule has 0 spiro atoms. The Bertz CT molecular complexity index is 688. The van der Waals surface area contributed by atoms with Crippen molar-refractivity contribution in [1.82, 2.24) is 25.4 Å². The molecule has 2 N–H and O–H groups in total. The van der Waals surface area contributed by atoms with Gasteiger partial charge in [0.05, 0.1) is 5.25 Å². The molecule has 22 heavy (non-hydrogen) atoms. The minimum absolute atomic E-state index is 0.230. The van der Waals surface area contributed by atoms with Crippen molar-refractivity contribution >= 4 is 23.7 Å².